The van der Waals surface area contributed by atoms with Crippen LogP contribution in [-0.2, 0) is 6.42 Å². The number of aliphatic hydroxyl groups is 2. The zero-order valence-corrected chi connectivity index (χ0v) is 9.48. The van der Waals surface area contributed by atoms with Gasteiger partial charge in [-0.25, -0.2) is 0 Å². The van der Waals surface area contributed by atoms with Crippen molar-refractivity contribution < 1.29 is 10.2 Å². The van der Waals surface area contributed by atoms with Crippen LogP contribution in [0, 0.1) is 6.92 Å². The van der Waals surface area contributed by atoms with Gasteiger partial charge in [-0.1, -0.05) is 29.8 Å². The Balaban J connectivity index is 2.33. The summed E-state index contributed by atoms with van der Waals surface area (Å²) in [6.45, 7) is 3.77. The van der Waals surface area contributed by atoms with Crippen molar-refractivity contribution in [3.8, 4) is 0 Å². The molecule has 0 aliphatic rings. The predicted octanol–water partition coefficient (Wildman–Crippen LogP) is 2.06. The first-order valence-corrected chi connectivity index (χ1v) is 5.49. The van der Waals surface area contributed by atoms with Gasteiger partial charge in [-0.15, -0.1) is 0 Å². The molecular formula is C13H20O2. The number of aryl methyl sites for hydroxylation is 2. The van der Waals surface area contributed by atoms with Crippen LogP contribution in [0.25, 0.3) is 0 Å². The highest BCUT2D eigenvalue weighted by molar-refractivity contribution is 5.21. The maximum atomic E-state index is 9.58. The summed E-state index contributed by atoms with van der Waals surface area (Å²) in [5, 5.41) is 18.7. The average Bonchev–Trinajstić information content (AvgIpc) is 2.16. The third-order valence-electron chi connectivity index (χ3n) is 2.50. The molecule has 0 saturated heterocycles. The summed E-state index contributed by atoms with van der Waals surface area (Å²) in [5.74, 6) is 0. The molecule has 0 aliphatic heterocycles. The van der Waals surface area contributed by atoms with E-state index in [9.17, 15) is 5.11 Å². The molecule has 1 aromatic carbocycles. The van der Waals surface area contributed by atoms with Gasteiger partial charge in [0.15, 0.2) is 0 Å². The van der Waals surface area contributed by atoms with Crippen LogP contribution in [0.5, 0.6) is 0 Å². The van der Waals surface area contributed by atoms with Crippen LogP contribution in [0.4, 0.5) is 0 Å². The van der Waals surface area contributed by atoms with E-state index in [4.69, 9.17) is 5.11 Å². The summed E-state index contributed by atoms with van der Waals surface area (Å²) in [6.07, 6.45) is 1.23. The standard InChI is InChI=1S/C13H20O2/c1-10-3-5-12(6-4-10)7-8-13(15)9-11(2)14/h3-6,11,13-15H,7-9H2,1-2H3. The minimum atomic E-state index is -0.419. The van der Waals surface area contributed by atoms with Gasteiger partial charge in [-0.2, -0.15) is 0 Å². The van der Waals surface area contributed by atoms with Crippen molar-refractivity contribution in [2.75, 3.05) is 0 Å². The fraction of sp³-hybridized carbons (Fsp3) is 0.538. The summed E-state index contributed by atoms with van der Waals surface area (Å²) in [5.41, 5.74) is 2.49. The molecule has 0 radical (unpaired) electrons. The molecule has 84 valence electrons. The summed E-state index contributed by atoms with van der Waals surface area (Å²) < 4.78 is 0. The number of hydrogen-bond acceptors (Lipinski definition) is 2. The first kappa shape index (κ1) is 12.2. The van der Waals surface area contributed by atoms with Crippen LogP contribution in [0.15, 0.2) is 24.3 Å². The molecular weight excluding hydrogens is 188 g/mol. The van der Waals surface area contributed by atoms with E-state index in [0.717, 1.165) is 6.42 Å². The first-order valence-electron chi connectivity index (χ1n) is 5.49. The van der Waals surface area contributed by atoms with Gasteiger partial charge in [-0.05, 0) is 38.7 Å². The summed E-state index contributed by atoms with van der Waals surface area (Å²) >= 11 is 0. The lowest BCUT2D eigenvalue weighted by Crippen LogP contribution is -2.15. The molecule has 0 spiro atoms. The van der Waals surface area contributed by atoms with Crippen molar-refractivity contribution in [2.24, 2.45) is 0 Å². The van der Waals surface area contributed by atoms with E-state index in [0.29, 0.717) is 12.8 Å². The van der Waals surface area contributed by atoms with Crippen LogP contribution >= 0.6 is 0 Å². The second kappa shape index (κ2) is 5.89. The quantitative estimate of drug-likeness (QED) is 0.777. The van der Waals surface area contributed by atoms with E-state index in [1.165, 1.54) is 11.1 Å². The Labute approximate surface area is 91.6 Å². The first-order chi connectivity index (χ1) is 7.08. The average molecular weight is 208 g/mol. The van der Waals surface area contributed by atoms with E-state index in [1.807, 2.05) is 0 Å². The number of benzene rings is 1. The van der Waals surface area contributed by atoms with E-state index in [2.05, 4.69) is 31.2 Å². The Bertz CT molecular complexity index is 277. The maximum absolute atomic E-state index is 9.58. The molecule has 2 atom stereocenters. The zero-order chi connectivity index (χ0) is 11.3. The highest BCUT2D eigenvalue weighted by atomic mass is 16.3. The Morgan fingerprint density at radius 1 is 1.13 bits per heavy atom. The molecule has 0 fully saturated rings. The highest BCUT2D eigenvalue weighted by Crippen LogP contribution is 2.10. The van der Waals surface area contributed by atoms with Crippen LogP contribution in [0.2, 0.25) is 0 Å². The van der Waals surface area contributed by atoms with Gasteiger partial charge >= 0.3 is 0 Å². The summed E-state index contributed by atoms with van der Waals surface area (Å²) in [6, 6.07) is 8.33. The van der Waals surface area contributed by atoms with E-state index >= 15 is 0 Å². The molecule has 2 heteroatoms. The molecule has 15 heavy (non-hydrogen) atoms. The lowest BCUT2D eigenvalue weighted by Gasteiger charge is -2.12. The fourth-order valence-electron chi connectivity index (χ4n) is 1.60. The largest absolute Gasteiger partial charge is 0.393 e. The molecule has 1 rings (SSSR count). The molecule has 2 nitrogen and oxygen atoms in total. The molecule has 0 heterocycles. The van der Waals surface area contributed by atoms with Gasteiger partial charge < -0.3 is 10.2 Å². The lowest BCUT2D eigenvalue weighted by molar-refractivity contribution is 0.0854. The van der Waals surface area contributed by atoms with Crippen LogP contribution in [0.1, 0.15) is 30.9 Å². The number of rotatable bonds is 5. The van der Waals surface area contributed by atoms with E-state index in [-0.39, 0.29) is 0 Å². The maximum Gasteiger partial charge on any atom is 0.0567 e. The third kappa shape index (κ3) is 4.96. The van der Waals surface area contributed by atoms with Crippen LogP contribution in [0.3, 0.4) is 0 Å². The smallest absolute Gasteiger partial charge is 0.0567 e. The van der Waals surface area contributed by atoms with Crippen molar-refractivity contribution in [3.63, 3.8) is 0 Å². The van der Waals surface area contributed by atoms with Crippen LogP contribution < -0.4 is 0 Å². The zero-order valence-electron chi connectivity index (χ0n) is 9.48. The Hall–Kier alpha value is -0.860. The van der Waals surface area contributed by atoms with Crippen molar-refractivity contribution >= 4 is 0 Å². The van der Waals surface area contributed by atoms with Gasteiger partial charge in [0.05, 0.1) is 12.2 Å². The molecule has 0 amide bonds. The Morgan fingerprint density at radius 2 is 1.73 bits per heavy atom. The molecule has 0 aliphatic carbocycles. The molecule has 2 unspecified atom stereocenters. The normalized spacial score (nSPS) is 14.9. The van der Waals surface area contributed by atoms with E-state index in [1.54, 1.807) is 6.92 Å². The third-order valence-corrected chi connectivity index (χ3v) is 2.50. The van der Waals surface area contributed by atoms with Gasteiger partial charge in [0.1, 0.15) is 0 Å². The Kier molecular flexibility index (Phi) is 4.79. The van der Waals surface area contributed by atoms with Crippen molar-refractivity contribution in [3.05, 3.63) is 35.4 Å². The van der Waals surface area contributed by atoms with Crippen molar-refractivity contribution in [1.82, 2.24) is 0 Å². The van der Waals surface area contributed by atoms with Gasteiger partial charge in [0.2, 0.25) is 0 Å². The number of hydrogen-bond donors (Lipinski definition) is 2. The lowest BCUT2D eigenvalue weighted by atomic mass is 10.0. The predicted molar refractivity (Wildman–Crippen MR) is 61.8 cm³/mol. The van der Waals surface area contributed by atoms with Crippen LogP contribution in [-0.4, -0.2) is 22.4 Å². The summed E-state index contributed by atoms with van der Waals surface area (Å²) in [4.78, 5) is 0. The second-order valence-electron chi connectivity index (χ2n) is 4.26. The van der Waals surface area contributed by atoms with Crippen molar-refractivity contribution in [2.45, 2.75) is 45.3 Å². The number of aliphatic hydroxyl groups excluding tert-OH is 2. The summed E-state index contributed by atoms with van der Waals surface area (Å²) in [7, 11) is 0. The molecule has 0 bridgehead atoms. The second-order valence-corrected chi connectivity index (χ2v) is 4.26. The minimum Gasteiger partial charge on any atom is -0.393 e. The molecule has 0 saturated carbocycles. The SMILES string of the molecule is Cc1ccc(CCC(O)CC(C)O)cc1. The van der Waals surface area contributed by atoms with Gasteiger partial charge in [-0.3, -0.25) is 0 Å². The molecule has 0 aromatic heterocycles. The highest BCUT2D eigenvalue weighted by Gasteiger charge is 2.07. The molecule has 2 N–H and O–H groups in total. The van der Waals surface area contributed by atoms with Gasteiger partial charge in [0.25, 0.3) is 0 Å². The molecule has 1 aromatic rings. The van der Waals surface area contributed by atoms with Gasteiger partial charge in [0, 0.05) is 0 Å². The monoisotopic (exact) mass is 208 g/mol. The minimum absolute atomic E-state index is 0.397. The van der Waals surface area contributed by atoms with Crippen molar-refractivity contribution in [1.29, 1.82) is 0 Å². The topological polar surface area (TPSA) is 40.5 Å². The fourth-order valence-corrected chi connectivity index (χ4v) is 1.60. The van der Waals surface area contributed by atoms with E-state index < -0.39 is 12.2 Å². The Morgan fingerprint density at radius 3 is 2.27 bits per heavy atom.